The predicted octanol–water partition coefficient (Wildman–Crippen LogP) is 2.76. The van der Waals surface area contributed by atoms with Crippen molar-refractivity contribution in [3.8, 4) is 0 Å². The number of nitrogens with one attached hydrogen (secondary N) is 1. The number of halogens is 2. The van der Waals surface area contributed by atoms with Gasteiger partial charge in [0.05, 0.1) is 6.10 Å². The molecule has 0 bridgehead atoms. The standard InChI is InChI=1S/C12H15BrFNO/c13-10-7-8(14)4-5-9(10)12(16)11-3-1-2-6-15-11/h4-5,7,11-12,15-16H,1-3,6H2. The maximum absolute atomic E-state index is 12.9. The van der Waals surface area contributed by atoms with Gasteiger partial charge in [-0.1, -0.05) is 28.4 Å². The van der Waals surface area contributed by atoms with Crippen molar-refractivity contribution in [2.24, 2.45) is 0 Å². The number of piperidine rings is 1. The average Bonchev–Trinajstić information content (AvgIpc) is 2.29. The Morgan fingerprint density at radius 1 is 1.44 bits per heavy atom. The van der Waals surface area contributed by atoms with Crippen molar-refractivity contribution in [1.82, 2.24) is 5.32 Å². The normalized spacial score (nSPS) is 23.1. The molecule has 0 radical (unpaired) electrons. The molecule has 2 unspecified atom stereocenters. The number of benzene rings is 1. The van der Waals surface area contributed by atoms with Crippen molar-refractivity contribution in [2.45, 2.75) is 31.4 Å². The summed E-state index contributed by atoms with van der Waals surface area (Å²) in [5.74, 6) is -0.292. The van der Waals surface area contributed by atoms with Crippen molar-refractivity contribution >= 4 is 15.9 Å². The molecule has 1 aliphatic heterocycles. The lowest BCUT2D eigenvalue weighted by atomic mass is 9.95. The third kappa shape index (κ3) is 2.62. The number of rotatable bonds is 2. The highest BCUT2D eigenvalue weighted by Gasteiger charge is 2.24. The molecule has 1 aromatic carbocycles. The van der Waals surface area contributed by atoms with Crippen molar-refractivity contribution in [3.63, 3.8) is 0 Å². The number of hydrogen-bond donors (Lipinski definition) is 2. The Balaban J connectivity index is 2.15. The molecule has 0 aromatic heterocycles. The summed E-state index contributed by atoms with van der Waals surface area (Å²) in [4.78, 5) is 0. The second-order valence-electron chi connectivity index (χ2n) is 4.17. The molecule has 2 N–H and O–H groups in total. The van der Waals surface area contributed by atoms with E-state index in [2.05, 4.69) is 21.2 Å². The summed E-state index contributed by atoms with van der Waals surface area (Å²) < 4.78 is 13.6. The third-order valence-corrected chi connectivity index (χ3v) is 3.70. The van der Waals surface area contributed by atoms with Crippen molar-refractivity contribution in [2.75, 3.05) is 6.54 Å². The van der Waals surface area contributed by atoms with E-state index in [0.717, 1.165) is 31.4 Å². The molecule has 0 amide bonds. The van der Waals surface area contributed by atoms with Crippen LogP contribution in [-0.4, -0.2) is 17.7 Å². The first-order valence-electron chi connectivity index (χ1n) is 5.55. The van der Waals surface area contributed by atoms with E-state index in [-0.39, 0.29) is 11.9 Å². The Bertz CT molecular complexity index is 366. The van der Waals surface area contributed by atoms with E-state index >= 15 is 0 Å². The fourth-order valence-electron chi connectivity index (χ4n) is 2.11. The molecule has 0 spiro atoms. The van der Waals surface area contributed by atoms with Crippen LogP contribution in [0.4, 0.5) is 4.39 Å². The van der Waals surface area contributed by atoms with Crippen molar-refractivity contribution < 1.29 is 9.50 Å². The van der Waals surface area contributed by atoms with E-state index in [9.17, 15) is 9.50 Å². The Morgan fingerprint density at radius 2 is 2.25 bits per heavy atom. The maximum Gasteiger partial charge on any atom is 0.124 e. The van der Waals surface area contributed by atoms with Gasteiger partial charge in [-0.3, -0.25) is 0 Å². The molecule has 2 rings (SSSR count). The minimum Gasteiger partial charge on any atom is -0.387 e. The Kier molecular flexibility index (Phi) is 3.95. The van der Waals surface area contributed by atoms with E-state index < -0.39 is 6.10 Å². The third-order valence-electron chi connectivity index (χ3n) is 3.01. The summed E-state index contributed by atoms with van der Waals surface area (Å²) in [5, 5.41) is 13.5. The summed E-state index contributed by atoms with van der Waals surface area (Å²) in [6.07, 6.45) is 2.68. The summed E-state index contributed by atoms with van der Waals surface area (Å²) in [7, 11) is 0. The second-order valence-corrected chi connectivity index (χ2v) is 5.02. The molecular formula is C12H15BrFNO. The first kappa shape index (κ1) is 12.0. The summed E-state index contributed by atoms with van der Waals surface area (Å²) >= 11 is 3.29. The van der Waals surface area contributed by atoms with Gasteiger partial charge in [0.25, 0.3) is 0 Å². The zero-order valence-electron chi connectivity index (χ0n) is 8.92. The monoisotopic (exact) mass is 287 g/mol. The van der Waals surface area contributed by atoms with Gasteiger partial charge in [0.1, 0.15) is 5.82 Å². The molecule has 2 nitrogen and oxygen atoms in total. The van der Waals surface area contributed by atoms with Crippen LogP contribution >= 0.6 is 15.9 Å². The van der Waals surface area contributed by atoms with E-state index in [1.165, 1.54) is 12.1 Å². The van der Waals surface area contributed by atoms with Crippen molar-refractivity contribution in [3.05, 3.63) is 34.1 Å². The zero-order chi connectivity index (χ0) is 11.5. The van der Waals surface area contributed by atoms with Crippen LogP contribution in [-0.2, 0) is 0 Å². The minimum absolute atomic E-state index is 0.0792. The highest BCUT2D eigenvalue weighted by Crippen LogP contribution is 2.29. The van der Waals surface area contributed by atoms with Crippen LogP contribution in [0.1, 0.15) is 30.9 Å². The van der Waals surface area contributed by atoms with Crippen LogP contribution < -0.4 is 5.32 Å². The molecule has 1 heterocycles. The van der Waals surface area contributed by atoms with Crippen LogP contribution in [0.15, 0.2) is 22.7 Å². The highest BCUT2D eigenvalue weighted by atomic mass is 79.9. The van der Waals surface area contributed by atoms with Crippen LogP contribution in [0, 0.1) is 5.82 Å². The van der Waals surface area contributed by atoms with Gasteiger partial charge < -0.3 is 10.4 Å². The van der Waals surface area contributed by atoms with E-state index in [0.29, 0.717) is 4.47 Å². The second kappa shape index (κ2) is 5.25. The number of aliphatic hydroxyl groups excluding tert-OH is 1. The highest BCUT2D eigenvalue weighted by molar-refractivity contribution is 9.10. The van der Waals surface area contributed by atoms with Gasteiger partial charge in [-0.2, -0.15) is 0 Å². The van der Waals surface area contributed by atoms with Gasteiger partial charge in [0, 0.05) is 10.5 Å². The van der Waals surface area contributed by atoms with E-state index in [1.54, 1.807) is 6.07 Å². The predicted molar refractivity (Wildman–Crippen MR) is 64.7 cm³/mol. The molecule has 2 atom stereocenters. The average molecular weight is 288 g/mol. The number of hydrogen-bond acceptors (Lipinski definition) is 2. The van der Waals surface area contributed by atoms with Gasteiger partial charge in [-0.15, -0.1) is 0 Å². The van der Waals surface area contributed by atoms with Gasteiger partial charge in [-0.05, 0) is 37.1 Å². The Hall–Kier alpha value is -0.450. The van der Waals surface area contributed by atoms with E-state index in [1.807, 2.05) is 0 Å². The summed E-state index contributed by atoms with van der Waals surface area (Å²) in [6.45, 7) is 0.945. The summed E-state index contributed by atoms with van der Waals surface area (Å²) in [5.41, 5.74) is 0.751. The van der Waals surface area contributed by atoms with Gasteiger partial charge in [-0.25, -0.2) is 4.39 Å². The Morgan fingerprint density at radius 3 is 2.88 bits per heavy atom. The van der Waals surface area contributed by atoms with Crippen LogP contribution in [0.2, 0.25) is 0 Å². The molecule has 1 aliphatic rings. The lowest BCUT2D eigenvalue weighted by Gasteiger charge is -2.28. The molecule has 1 saturated heterocycles. The molecule has 1 fully saturated rings. The largest absolute Gasteiger partial charge is 0.387 e. The van der Waals surface area contributed by atoms with Gasteiger partial charge in [0.15, 0.2) is 0 Å². The minimum atomic E-state index is -0.574. The Labute approximate surface area is 103 Å². The molecular weight excluding hydrogens is 273 g/mol. The van der Waals surface area contributed by atoms with Crippen molar-refractivity contribution in [1.29, 1.82) is 0 Å². The lowest BCUT2D eigenvalue weighted by Crippen LogP contribution is -2.38. The van der Waals surface area contributed by atoms with Crippen LogP contribution in [0.3, 0.4) is 0 Å². The number of aliphatic hydroxyl groups is 1. The first-order valence-corrected chi connectivity index (χ1v) is 6.34. The van der Waals surface area contributed by atoms with Crippen LogP contribution in [0.25, 0.3) is 0 Å². The van der Waals surface area contributed by atoms with Gasteiger partial charge >= 0.3 is 0 Å². The van der Waals surface area contributed by atoms with Gasteiger partial charge in [0.2, 0.25) is 0 Å². The SMILES string of the molecule is OC(c1ccc(F)cc1Br)C1CCCCN1. The topological polar surface area (TPSA) is 32.3 Å². The zero-order valence-corrected chi connectivity index (χ0v) is 10.5. The smallest absolute Gasteiger partial charge is 0.124 e. The molecule has 88 valence electrons. The van der Waals surface area contributed by atoms with E-state index in [4.69, 9.17) is 0 Å². The maximum atomic E-state index is 12.9. The lowest BCUT2D eigenvalue weighted by molar-refractivity contribution is 0.113. The summed E-state index contributed by atoms with van der Waals surface area (Å²) in [6, 6.07) is 4.49. The molecule has 4 heteroatoms. The quantitative estimate of drug-likeness (QED) is 0.877. The fourth-order valence-corrected chi connectivity index (χ4v) is 2.69. The molecule has 0 aliphatic carbocycles. The molecule has 1 aromatic rings. The molecule has 0 saturated carbocycles. The van der Waals surface area contributed by atoms with Crippen LogP contribution in [0.5, 0.6) is 0 Å². The first-order chi connectivity index (χ1) is 7.68. The fraction of sp³-hybridized carbons (Fsp3) is 0.500. The molecule has 16 heavy (non-hydrogen) atoms.